The van der Waals surface area contributed by atoms with Gasteiger partial charge in [0.05, 0.1) is 4.90 Å². The van der Waals surface area contributed by atoms with Crippen molar-refractivity contribution in [2.75, 3.05) is 5.32 Å². The number of anilines is 1. The fraction of sp³-hybridized carbons (Fsp3) is 0.500. The highest BCUT2D eigenvalue weighted by Gasteiger charge is 2.52. The second-order valence-corrected chi connectivity index (χ2v) is 8.23. The van der Waals surface area contributed by atoms with E-state index in [2.05, 4.69) is 5.32 Å². The van der Waals surface area contributed by atoms with Crippen LogP contribution in [0.3, 0.4) is 0 Å². The molecule has 0 unspecified atom stereocenters. The Labute approximate surface area is 140 Å². The summed E-state index contributed by atoms with van der Waals surface area (Å²) in [6.07, 6.45) is 2.89. The molecule has 1 aliphatic heterocycles. The van der Waals surface area contributed by atoms with Crippen LogP contribution in [0.15, 0.2) is 29.2 Å². The van der Waals surface area contributed by atoms with Crippen molar-refractivity contribution in [1.29, 1.82) is 0 Å². The fourth-order valence-electron chi connectivity index (χ4n) is 3.84. The van der Waals surface area contributed by atoms with Crippen molar-refractivity contribution in [2.24, 2.45) is 5.92 Å². The first-order chi connectivity index (χ1) is 11.3. The van der Waals surface area contributed by atoms with E-state index in [1.165, 1.54) is 35.5 Å². The lowest BCUT2D eigenvalue weighted by atomic mass is 10.0. The van der Waals surface area contributed by atoms with Crippen molar-refractivity contribution < 1.29 is 23.1 Å². The third-order valence-electron chi connectivity index (χ3n) is 4.81. The van der Waals surface area contributed by atoms with Gasteiger partial charge in [-0.05, 0) is 49.4 Å². The molecule has 0 spiro atoms. The number of rotatable bonds is 4. The molecule has 2 fully saturated rings. The van der Waals surface area contributed by atoms with Gasteiger partial charge in [0.15, 0.2) is 0 Å². The number of fused-ring (bicyclic) bond motifs is 1. The van der Waals surface area contributed by atoms with Crippen LogP contribution in [0.25, 0.3) is 0 Å². The van der Waals surface area contributed by atoms with E-state index in [0.717, 1.165) is 12.8 Å². The molecular formula is C16H20N2O5S. The first kappa shape index (κ1) is 16.9. The van der Waals surface area contributed by atoms with Gasteiger partial charge < -0.3 is 10.4 Å². The molecule has 1 aromatic carbocycles. The summed E-state index contributed by atoms with van der Waals surface area (Å²) in [4.78, 5) is 22.6. The predicted molar refractivity (Wildman–Crippen MR) is 86.9 cm³/mol. The van der Waals surface area contributed by atoms with Crippen molar-refractivity contribution in [3.63, 3.8) is 0 Å². The van der Waals surface area contributed by atoms with E-state index in [0.29, 0.717) is 18.5 Å². The van der Waals surface area contributed by atoms with Crippen molar-refractivity contribution >= 4 is 27.6 Å². The van der Waals surface area contributed by atoms with Crippen LogP contribution in [-0.2, 0) is 19.6 Å². The second kappa shape index (κ2) is 6.18. The molecule has 1 amide bonds. The zero-order valence-electron chi connectivity index (χ0n) is 13.3. The van der Waals surface area contributed by atoms with Gasteiger partial charge in [-0.15, -0.1) is 0 Å². The third kappa shape index (κ3) is 2.91. The van der Waals surface area contributed by atoms with Crippen molar-refractivity contribution in [1.82, 2.24) is 4.31 Å². The predicted octanol–water partition coefficient (Wildman–Crippen LogP) is 1.66. The highest BCUT2D eigenvalue weighted by atomic mass is 32.2. The molecule has 3 atom stereocenters. The van der Waals surface area contributed by atoms with Crippen LogP contribution < -0.4 is 5.32 Å². The summed E-state index contributed by atoms with van der Waals surface area (Å²) >= 11 is 0. The number of carbonyl (C=O) groups is 2. The smallest absolute Gasteiger partial charge is 0.322 e. The molecule has 1 heterocycles. The van der Waals surface area contributed by atoms with Crippen LogP contribution >= 0.6 is 0 Å². The first-order valence-electron chi connectivity index (χ1n) is 7.94. The Morgan fingerprint density at radius 3 is 2.46 bits per heavy atom. The van der Waals surface area contributed by atoms with E-state index in [1.54, 1.807) is 0 Å². The lowest BCUT2D eigenvalue weighted by Gasteiger charge is -2.26. The van der Waals surface area contributed by atoms with E-state index < -0.39 is 22.0 Å². The van der Waals surface area contributed by atoms with Gasteiger partial charge in [-0.1, -0.05) is 6.42 Å². The van der Waals surface area contributed by atoms with E-state index in [1.807, 2.05) is 0 Å². The molecule has 3 rings (SSSR count). The molecule has 1 saturated heterocycles. The first-order valence-corrected chi connectivity index (χ1v) is 9.38. The van der Waals surface area contributed by atoms with Crippen LogP contribution in [0.4, 0.5) is 5.69 Å². The Balaban J connectivity index is 1.93. The molecule has 130 valence electrons. The number of carbonyl (C=O) groups excluding carboxylic acids is 1. The zero-order chi connectivity index (χ0) is 17.5. The summed E-state index contributed by atoms with van der Waals surface area (Å²) in [7, 11) is -3.89. The number of carboxylic acids is 1. The average Bonchev–Trinajstić information content (AvgIpc) is 3.07. The number of hydrogen-bond acceptors (Lipinski definition) is 4. The summed E-state index contributed by atoms with van der Waals surface area (Å²) in [5.41, 5.74) is 0.497. The van der Waals surface area contributed by atoms with E-state index in [4.69, 9.17) is 0 Å². The Morgan fingerprint density at radius 1 is 1.21 bits per heavy atom. The number of aliphatic carboxylic acids is 1. The molecule has 0 bridgehead atoms. The van der Waals surface area contributed by atoms with Crippen molar-refractivity contribution in [3.8, 4) is 0 Å². The molecule has 2 N–H and O–H groups in total. The number of benzene rings is 1. The minimum atomic E-state index is -3.89. The Bertz CT molecular complexity index is 759. The van der Waals surface area contributed by atoms with Gasteiger partial charge in [0.2, 0.25) is 15.9 Å². The van der Waals surface area contributed by atoms with Gasteiger partial charge in [-0.3, -0.25) is 9.59 Å². The summed E-state index contributed by atoms with van der Waals surface area (Å²) in [6, 6.07) is 4.59. The normalized spacial score (nSPS) is 27.0. The van der Waals surface area contributed by atoms with E-state index in [9.17, 15) is 23.1 Å². The van der Waals surface area contributed by atoms with Crippen molar-refractivity contribution in [3.05, 3.63) is 24.3 Å². The van der Waals surface area contributed by atoms with Gasteiger partial charge in [0, 0.05) is 18.7 Å². The van der Waals surface area contributed by atoms with Gasteiger partial charge in [-0.2, -0.15) is 4.31 Å². The van der Waals surface area contributed by atoms with Crippen LogP contribution in [-0.4, -0.2) is 41.8 Å². The third-order valence-corrected chi connectivity index (χ3v) is 6.76. The maximum Gasteiger partial charge on any atom is 0.322 e. The van der Waals surface area contributed by atoms with Crippen LogP contribution in [0.1, 0.15) is 32.6 Å². The maximum atomic E-state index is 13.0. The lowest BCUT2D eigenvalue weighted by Crippen LogP contribution is -2.44. The largest absolute Gasteiger partial charge is 0.480 e. The van der Waals surface area contributed by atoms with Crippen LogP contribution in [0, 0.1) is 5.92 Å². The number of sulfonamides is 1. The summed E-state index contributed by atoms with van der Waals surface area (Å²) in [6.45, 7) is 1.37. The minimum Gasteiger partial charge on any atom is -0.480 e. The fourth-order valence-corrected chi connectivity index (χ4v) is 5.71. The van der Waals surface area contributed by atoms with Gasteiger partial charge >= 0.3 is 5.97 Å². The zero-order valence-corrected chi connectivity index (χ0v) is 14.1. The molecule has 2 aliphatic rings. The highest BCUT2D eigenvalue weighted by Crippen LogP contribution is 2.44. The molecule has 0 radical (unpaired) electrons. The number of nitrogens with zero attached hydrogens (tertiary/aromatic N) is 1. The summed E-state index contributed by atoms with van der Waals surface area (Å²) < 4.78 is 27.2. The number of amides is 1. The topological polar surface area (TPSA) is 104 Å². The van der Waals surface area contributed by atoms with Gasteiger partial charge in [0.25, 0.3) is 0 Å². The molecule has 0 aromatic heterocycles. The number of hydrogen-bond donors (Lipinski definition) is 2. The summed E-state index contributed by atoms with van der Waals surface area (Å²) in [5, 5.41) is 12.0. The molecule has 7 nitrogen and oxygen atoms in total. The summed E-state index contributed by atoms with van der Waals surface area (Å²) in [5.74, 6) is -1.22. The second-order valence-electron chi connectivity index (χ2n) is 6.39. The molecule has 1 saturated carbocycles. The molecular weight excluding hydrogens is 332 g/mol. The Kier molecular flexibility index (Phi) is 4.35. The molecule has 8 heteroatoms. The maximum absolute atomic E-state index is 13.0. The van der Waals surface area contributed by atoms with Gasteiger partial charge in [0.1, 0.15) is 6.04 Å². The SMILES string of the molecule is CC(=O)Nc1ccc(S(=O)(=O)N2[C@@H](C(=O)O)C[C@H]3CCC[C@H]32)cc1. The standard InChI is InChI=1S/C16H20N2O5S/c1-10(19)17-12-5-7-13(8-6-12)24(22,23)18-14-4-2-3-11(14)9-15(18)16(20)21/h5-8,11,14-15H,2-4,9H2,1H3,(H,17,19)(H,20,21)/t11-,14-,15-/m1/s1. The number of nitrogens with one attached hydrogen (secondary N) is 1. The lowest BCUT2D eigenvalue weighted by molar-refractivity contribution is -0.141. The van der Waals surface area contributed by atoms with Crippen molar-refractivity contribution in [2.45, 2.75) is 49.6 Å². The molecule has 1 aromatic rings. The van der Waals surface area contributed by atoms with Crippen LogP contribution in [0.2, 0.25) is 0 Å². The van der Waals surface area contributed by atoms with E-state index >= 15 is 0 Å². The van der Waals surface area contributed by atoms with Crippen LogP contribution in [0.5, 0.6) is 0 Å². The Morgan fingerprint density at radius 2 is 1.88 bits per heavy atom. The van der Waals surface area contributed by atoms with E-state index in [-0.39, 0.29) is 22.8 Å². The molecule has 24 heavy (non-hydrogen) atoms. The number of carboxylic acid groups (broad SMARTS) is 1. The average molecular weight is 352 g/mol. The molecule has 1 aliphatic carbocycles. The highest BCUT2D eigenvalue weighted by molar-refractivity contribution is 7.89. The minimum absolute atomic E-state index is 0.0513. The monoisotopic (exact) mass is 352 g/mol. The Hall–Kier alpha value is -1.93. The quantitative estimate of drug-likeness (QED) is 0.858. The van der Waals surface area contributed by atoms with Gasteiger partial charge in [-0.25, -0.2) is 8.42 Å².